The van der Waals surface area contributed by atoms with Gasteiger partial charge in [0.25, 0.3) is 0 Å². The second-order valence-electron chi connectivity index (χ2n) is 9.16. The van der Waals surface area contributed by atoms with Crippen LogP contribution in [0.2, 0.25) is 0 Å². The first-order valence-electron chi connectivity index (χ1n) is 13.1. The summed E-state index contributed by atoms with van der Waals surface area (Å²) in [6.07, 6.45) is 20.3. The largest absolute Gasteiger partial charge is 0.255 e. The Labute approximate surface area is 205 Å². The van der Waals surface area contributed by atoms with Crippen LogP contribution in [0.5, 0.6) is 0 Å². The lowest BCUT2D eigenvalue weighted by Crippen LogP contribution is -1.95. The van der Waals surface area contributed by atoms with Gasteiger partial charge in [-0.25, -0.2) is 9.97 Å². The molecule has 0 bridgehead atoms. The highest BCUT2D eigenvalue weighted by molar-refractivity contribution is 5.65. The van der Waals surface area contributed by atoms with Crippen LogP contribution in [0.4, 0.5) is 0 Å². The van der Waals surface area contributed by atoms with Gasteiger partial charge in [0.05, 0.1) is 17.3 Å². The van der Waals surface area contributed by atoms with E-state index in [-0.39, 0.29) is 0 Å². The maximum atomic E-state index is 9.65. The van der Waals surface area contributed by atoms with Crippen molar-refractivity contribution in [2.24, 2.45) is 0 Å². The number of nitriles is 1. The number of aromatic nitrogens is 3. The van der Waals surface area contributed by atoms with E-state index in [1.54, 1.807) is 0 Å². The van der Waals surface area contributed by atoms with Gasteiger partial charge in [0.1, 0.15) is 0 Å². The van der Waals surface area contributed by atoms with Crippen LogP contribution >= 0.6 is 0 Å². The molecule has 3 aromatic rings. The number of pyridine rings is 1. The van der Waals surface area contributed by atoms with Crippen LogP contribution in [0.25, 0.3) is 22.6 Å². The summed E-state index contributed by atoms with van der Waals surface area (Å²) in [4.78, 5) is 13.8. The Morgan fingerprint density at radius 3 is 1.94 bits per heavy atom. The molecule has 34 heavy (non-hydrogen) atoms. The molecule has 0 atom stereocenters. The molecule has 3 rings (SSSR count). The van der Waals surface area contributed by atoms with Crippen LogP contribution < -0.4 is 0 Å². The first-order valence-corrected chi connectivity index (χ1v) is 13.1. The second-order valence-corrected chi connectivity index (χ2v) is 9.16. The predicted octanol–water partition coefficient (Wildman–Crippen LogP) is 8.10. The second kappa shape index (κ2) is 14.3. The Kier molecular flexibility index (Phi) is 10.7. The SMILES string of the molecule is CCCCCCCc1cnc(-c2ccc(-c3ccc(CCCCCCC)c(C#N)c3)nc2)nc1. The number of hydrogen-bond donors (Lipinski definition) is 0. The topological polar surface area (TPSA) is 62.5 Å². The maximum absolute atomic E-state index is 9.65. The fourth-order valence-electron chi connectivity index (χ4n) is 4.24. The molecule has 2 heterocycles. The molecule has 0 aliphatic carbocycles. The fourth-order valence-corrected chi connectivity index (χ4v) is 4.24. The summed E-state index contributed by atoms with van der Waals surface area (Å²) < 4.78 is 0. The van der Waals surface area contributed by atoms with Gasteiger partial charge >= 0.3 is 0 Å². The van der Waals surface area contributed by atoms with Gasteiger partial charge < -0.3 is 0 Å². The molecule has 0 spiro atoms. The van der Waals surface area contributed by atoms with E-state index in [1.807, 2.05) is 36.8 Å². The van der Waals surface area contributed by atoms with E-state index >= 15 is 0 Å². The molecule has 4 heteroatoms. The minimum Gasteiger partial charge on any atom is -0.255 e. The molecule has 0 aliphatic heterocycles. The van der Waals surface area contributed by atoms with E-state index < -0.39 is 0 Å². The first kappa shape index (κ1) is 25.6. The molecule has 0 fully saturated rings. The van der Waals surface area contributed by atoms with E-state index in [0.29, 0.717) is 5.82 Å². The zero-order chi connectivity index (χ0) is 24.0. The Hall–Kier alpha value is -3.06. The molecule has 0 unspecified atom stereocenters. The van der Waals surface area contributed by atoms with Crippen LogP contribution in [0, 0.1) is 11.3 Å². The highest BCUT2D eigenvalue weighted by Gasteiger charge is 2.08. The third-order valence-electron chi connectivity index (χ3n) is 6.37. The minimum atomic E-state index is 0.699. The third-order valence-corrected chi connectivity index (χ3v) is 6.37. The zero-order valence-electron chi connectivity index (χ0n) is 20.9. The maximum Gasteiger partial charge on any atom is 0.160 e. The minimum absolute atomic E-state index is 0.699. The van der Waals surface area contributed by atoms with E-state index in [1.165, 1.54) is 63.4 Å². The summed E-state index contributed by atoms with van der Waals surface area (Å²) in [5.41, 5.74) is 5.82. The van der Waals surface area contributed by atoms with Crippen molar-refractivity contribution in [1.82, 2.24) is 15.0 Å². The van der Waals surface area contributed by atoms with Gasteiger partial charge in [-0.2, -0.15) is 5.26 Å². The van der Waals surface area contributed by atoms with Crippen molar-refractivity contribution >= 4 is 0 Å². The summed E-state index contributed by atoms with van der Waals surface area (Å²) in [5.74, 6) is 0.699. The molecule has 2 aromatic heterocycles. The van der Waals surface area contributed by atoms with Crippen molar-refractivity contribution in [3.8, 4) is 28.7 Å². The van der Waals surface area contributed by atoms with Crippen LogP contribution in [0.1, 0.15) is 94.7 Å². The van der Waals surface area contributed by atoms with Gasteiger partial charge in [0.15, 0.2) is 5.82 Å². The van der Waals surface area contributed by atoms with Crippen molar-refractivity contribution < 1.29 is 0 Å². The molecular formula is C30H38N4. The predicted molar refractivity (Wildman–Crippen MR) is 140 cm³/mol. The Morgan fingerprint density at radius 1 is 0.676 bits per heavy atom. The Bertz CT molecular complexity index is 1030. The van der Waals surface area contributed by atoms with Crippen molar-refractivity contribution in [3.63, 3.8) is 0 Å². The van der Waals surface area contributed by atoms with Crippen LogP contribution in [-0.4, -0.2) is 15.0 Å². The Balaban J connectivity index is 1.60. The van der Waals surface area contributed by atoms with Crippen LogP contribution in [0.3, 0.4) is 0 Å². The molecule has 1 aromatic carbocycles. The molecule has 0 N–H and O–H groups in total. The summed E-state index contributed by atoms with van der Waals surface area (Å²) in [7, 11) is 0. The molecule has 0 saturated carbocycles. The summed E-state index contributed by atoms with van der Waals surface area (Å²) in [6, 6.07) is 12.5. The quantitative estimate of drug-likeness (QED) is 0.231. The van der Waals surface area contributed by atoms with Gasteiger partial charge in [-0.3, -0.25) is 4.98 Å². The van der Waals surface area contributed by atoms with Gasteiger partial charge in [-0.05, 0) is 55.0 Å². The standard InChI is InChI=1S/C30H38N4/c1-3-5-7-9-11-13-24-21-33-30(34-22-24)27-17-18-29(32-23-27)26-16-15-25(28(19-26)20-31)14-12-10-8-6-4-2/h15-19,21-23H,3-14H2,1-2H3. The van der Waals surface area contributed by atoms with Crippen molar-refractivity contribution in [1.29, 1.82) is 5.26 Å². The summed E-state index contributed by atoms with van der Waals surface area (Å²) >= 11 is 0. The monoisotopic (exact) mass is 454 g/mol. The molecule has 0 radical (unpaired) electrons. The van der Waals surface area contributed by atoms with E-state index in [9.17, 15) is 5.26 Å². The third kappa shape index (κ3) is 7.76. The molecule has 4 nitrogen and oxygen atoms in total. The zero-order valence-corrected chi connectivity index (χ0v) is 20.9. The van der Waals surface area contributed by atoms with Crippen LogP contribution in [0.15, 0.2) is 48.9 Å². The normalized spacial score (nSPS) is 10.9. The number of unbranched alkanes of at least 4 members (excludes halogenated alkanes) is 8. The molecule has 0 saturated heterocycles. The van der Waals surface area contributed by atoms with Crippen molar-refractivity contribution in [3.05, 3.63) is 65.6 Å². The summed E-state index contributed by atoms with van der Waals surface area (Å²) in [6.45, 7) is 4.47. The first-order chi connectivity index (χ1) is 16.7. The fraction of sp³-hybridized carbons (Fsp3) is 0.467. The molecule has 0 aliphatic rings. The highest BCUT2D eigenvalue weighted by atomic mass is 14.9. The molecule has 0 amide bonds. The molecular weight excluding hydrogens is 416 g/mol. The number of rotatable bonds is 14. The molecule has 178 valence electrons. The van der Waals surface area contributed by atoms with Gasteiger partial charge in [-0.1, -0.05) is 77.3 Å². The van der Waals surface area contributed by atoms with Gasteiger partial charge in [-0.15, -0.1) is 0 Å². The smallest absolute Gasteiger partial charge is 0.160 e. The van der Waals surface area contributed by atoms with Crippen molar-refractivity contribution in [2.75, 3.05) is 0 Å². The van der Waals surface area contributed by atoms with E-state index in [0.717, 1.165) is 47.2 Å². The lowest BCUT2D eigenvalue weighted by Gasteiger charge is -2.08. The highest BCUT2D eigenvalue weighted by Crippen LogP contribution is 2.24. The average Bonchev–Trinajstić information content (AvgIpc) is 2.89. The number of benzene rings is 1. The van der Waals surface area contributed by atoms with Crippen LogP contribution in [-0.2, 0) is 12.8 Å². The number of hydrogen-bond acceptors (Lipinski definition) is 4. The average molecular weight is 455 g/mol. The van der Waals surface area contributed by atoms with E-state index in [2.05, 4.69) is 47.0 Å². The van der Waals surface area contributed by atoms with Gasteiger partial charge in [0.2, 0.25) is 0 Å². The lowest BCUT2D eigenvalue weighted by molar-refractivity contribution is 0.631. The van der Waals surface area contributed by atoms with E-state index in [4.69, 9.17) is 0 Å². The van der Waals surface area contributed by atoms with Crippen molar-refractivity contribution in [2.45, 2.75) is 90.9 Å². The number of aryl methyl sites for hydroxylation is 2. The number of nitrogens with zero attached hydrogens (tertiary/aromatic N) is 4. The summed E-state index contributed by atoms with van der Waals surface area (Å²) in [5, 5.41) is 9.65. The lowest BCUT2D eigenvalue weighted by atomic mass is 9.98. The van der Waals surface area contributed by atoms with Gasteiger partial charge in [0, 0.05) is 29.7 Å². The Morgan fingerprint density at radius 2 is 1.32 bits per heavy atom.